The zero-order chi connectivity index (χ0) is 18.7. The van der Waals surface area contributed by atoms with Gasteiger partial charge in [-0.2, -0.15) is 0 Å². The molecule has 0 N–H and O–H groups in total. The van der Waals surface area contributed by atoms with Crippen LogP contribution in [0.1, 0.15) is 29.8 Å². The fraction of sp³-hybridized carbons (Fsp3) is 0.381. The molecule has 1 aliphatic rings. The second-order valence-electron chi connectivity index (χ2n) is 6.87. The first-order chi connectivity index (χ1) is 12.5. The number of amides is 1. The van der Waals surface area contributed by atoms with E-state index in [4.69, 9.17) is 16.3 Å². The minimum atomic E-state index is 0.0312. The van der Waals surface area contributed by atoms with Gasteiger partial charge in [-0.3, -0.25) is 4.79 Å². The van der Waals surface area contributed by atoms with Crippen molar-refractivity contribution in [2.24, 2.45) is 0 Å². The first-order valence-corrected chi connectivity index (χ1v) is 9.39. The zero-order valence-corrected chi connectivity index (χ0v) is 16.3. The SMILES string of the molecule is Cc1ccc(Cl)cc1N1CCN(C(=O)c2ccccc2OC(C)C)CC1. The Morgan fingerprint density at radius 3 is 2.46 bits per heavy atom. The molecule has 4 nitrogen and oxygen atoms in total. The second-order valence-corrected chi connectivity index (χ2v) is 7.31. The first kappa shape index (κ1) is 18.6. The average molecular weight is 373 g/mol. The fourth-order valence-electron chi connectivity index (χ4n) is 3.24. The lowest BCUT2D eigenvalue weighted by atomic mass is 10.1. The lowest BCUT2D eigenvalue weighted by Crippen LogP contribution is -2.49. The van der Waals surface area contributed by atoms with Gasteiger partial charge in [0.2, 0.25) is 0 Å². The number of hydrogen-bond donors (Lipinski definition) is 0. The van der Waals surface area contributed by atoms with Crippen molar-refractivity contribution in [1.82, 2.24) is 4.90 Å². The number of piperazine rings is 1. The fourth-order valence-corrected chi connectivity index (χ4v) is 3.41. The highest BCUT2D eigenvalue weighted by atomic mass is 35.5. The maximum absolute atomic E-state index is 13.0. The molecule has 0 unspecified atom stereocenters. The highest BCUT2D eigenvalue weighted by Crippen LogP contribution is 2.26. The van der Waals surface area contributed by atoms with Crippen LogP contribution in [-0.4, -0.2) is 43.1 Å². The van der Waals surface area contributed by atoms with Crippen LogP contribution in [0.4, 0.5) is 5.69 Å². The van der Waals surface area contributed by atoms with Gasteiger partial charge in [-0.1, -0.05) is 29.8 Å². The van der Waals surface area contributed by atoms with Crippen molar-refractivity contribution in [3.63, 3.8) is 0 Å². The summed E-state index contributed by atoms with van der Waals surface area (Å²) in [7, 11) is 0. The van der Waals surface area contributed by atoms with Gasteiger partial charge in [-0.05, 0) is 50.6 Å². The molecule has 1 amide bonds. The first-order valence-electron chi connectivity index (χ1n) is 9.02. The van der Waals surface area contributed by atoms with E-state index >= 15 is 0 Å². The van der Waals surface area contributed by atoms with Gasteiger partial charge < -0.3 is 14.5 Å². The van der Waals surface area contributed by atoms with E-state index in [1.54, 1.807) is 0 Å². The number of halogens is 1. The third kappa shape index (κ3) is 4.13. The van der Waals surface area contributed by atoms with Crippen LogP contribution in [0.5, 0.6) is 5.75 Å². The number of nitrogens with zero attached hydrogens (tertiary/aromatic N) is 2. The monoisotopic (exact) mass is 372 g/mol. The van der Waals surface area contributed by atoms with Crippen molar-refractivity contribution in [3.8, 4) is 5.75 Å². The largest absolute Gasteiger partial charge is 0.490 e. The van der Waals surface area contributed by atoms with Crippen LogP contribution in [0, 0.1) is 6.92 Å². The van der Waals surface area contributed by atoms with Crippen molar-refractivity contribution in [3.05, 3.63) is 58.6 Å². The van der Waals surface area contributed by atoms with Crippen molar-refractivity contribution in [1.29, 1.82) is 0 Å². The number of carbonyl (C=O) groups is 1. The highest BCUT2D eigenvalue weighted by molar-refractivity contribution is 6.30. The lowest BCUT2D eigenvalue weighted by molar-refractivity contribution is 0.0740. The summed E-state index contributed by atoms with van der Waals surface area (Å²) in [5.41, 5.74) is 2.98. The highest BCUT2D eigenvalue weighted by Gasteiger charge is 2.25. The Kier molecular flexibility index (Phi) is 5.72. The summed E-state index contributed by atoms with van der Waals surface area (Å²) < 4.78 is 5.80. The molecule has 5 heteroatoms. The molecule has 0 bridgehead atoms. The average Bonchev–Trinajstić information content (AvgIpc) is 2.63. The van der Waals surface area contributed by atoms with Crippen LogP contribution >= 0.6 is 11.6 Å². The molecule has 0 radical (unpaired) electrons. The van der Waals surface area contributed by atoms with E-state index in [1.807, 2.05) is 61.2 Å². The van der Waals surface area contributed by atoms with E-state index in [1.165, 1.54) is 5.56 Å². The van der Waals surface area contributed by atoms with Gasteiger partial charge >= 0.3 is 0 Å². The number of aryl methyl sites for hydroxylation is 1. The summed E-state index contributed by atoms with van der Waals surface area (Å²) >= 11 is 6.15. The number of benzene rings is 2. The van der Waals surface area contributed by atoms with Crippen LogP contribution in [0.2, 0.25) is 5.02 Å². The molecule has 2 aromatic carbocycles. The van der Waals surface area contributed by atoms with Gasteiger partial charge in [0.05, 0.1) is 11.7 Å². The third-order valence-electron chi connectivity index (χ3n) is 4.56. The van der Waals surface area contributed by atoms with Crippen LogP contribution in [0.25, 0.3) is 0 Å². The lowest BCUT2D eigenvalue weighted by Gasteiger charge is -2.37. The molecule has 1 aliphatic heterocycles. The van der Waals surface area contributed by atoms with Crippen molar-refractivity contribution >= 4 is 23.2 Å². The minimum absolute atomic E-state index is 0.0312. The molecule has 1 fully saturated rings. The molecular weight excluding hydrogens is 348 g/mol. The zero-order valence-electron chi connectivity index (χ0n) is 15.5. The second kappa shape index (κ2) is 8.00. The molecule has 0 aliphatic carbocycles. The maximum Gasteiger partial charge on any atom is 0.257 e. The Hall–Kier alpha value is -2.20. The number of anilines is 1. The van der Waals surface area contributed by atoms with Crippen LogP contribution in [0.3, 0.4) is 0 Å². The van der Waals surface area contributed by atoms with Gasteiger partial charge in [0.1, 0.15) is 5.75 Å². The molecule has 1 heterocycles. The van der Waals surface area contributed by atoms with E-state index in [9.17, 15) is 4.79 Å². The Morgan fingerprint density at radius 1 is 1.08 bits per heavy atom. The Labute approximate surface area is 160 Å². The number of hydrogen-bond acceptors (Lipinski definition) is 3. The summed E-state index contributed by atoms with van der Waals surface area (Å²) in [6.45, 7) is 8.96. The van der Waals surface area contributed by atoms with E-state index in [-0.39, 0.29) is 12.0 Å². The summed E-state index contributed by atoms with van der Waals surface area (Å²) in [5.74, 6) is 0.685. The molecular formula is C21H25ClN2O2. The van der Waals surface area contributed by atoms with E-state index in [2.05, 4.69) is 11.8 Å². The molecule has 0 atom stereocenters. The van der Waals surface area contributed by atoms with Gasteiger partial charge in [-0.25, -0.2) is 0 Å². The van der Waals surface area contributed by atoms with Gasteiger partial charge in [0.25, 0.3) is 5.91 Å². The number of para-hydroxylation sites is 1. The molecule has 3 rings (SSSR count). The standard InChI is InChI=1S/C21H25ClN2O2/c1-15(2)26-20-7-5-4-6-18(20)21(25)24-12-10-23(11-13-24)19-14-17(22)9-8-16(19)3/h4-9,14-15H,10-13H2,1-3H3. The van der Waals surface area contributed by atoms with Crippen LogP contribution in [-0.2, 0) is 0 Å². The maximum atomic E-state index is 13.0. The van der Waals surface area contributed by atoms with Gasteiger partial charge in [0.15, 0.2) is 0 Å². The van der Waals surface area contributed by atoms with Crippen molar-refractivity contribution in [2.75, 3.05) is 31.1 Å². The molecule has 1 saturated heterocycles. The van der Waals surface area contributed by atoms with Gasteiger partial charge in [0, 0.05) is 36.9 Å². The molecule has 138 valence electrons. The third-order valence-corrected chi connectivity index (χ3v) is 4.79. The number of carbonyl (C=O) groups excluding carboxylic acids is 1. The van der Waals surface area contributed by atoms with Crippen molar-refractivity contribution < 1.29 is 9.53 Å². The van der Waals surface area contributed by atoms with E-state index in [0.29, 0.717) is 24.4 Å². The molecule has 0 saturated carbocycles. The molecule has 0 spiro atoms. The Balaban J connectivity index is 1.70. The summed E-state index contributed by atoms with van der Waals surface area (Å²) in [4.78, 5) is 17.2. The summed E-state index contributed by atoms with van der Waals surface area (Å²) in [5, 5.41) is 0.740. The Bertz CT molecular complexity index is 783. The smallest absolute Gasteiger partial charge is 0.257 e. The molecule has 26 heavy (non-hydrogen) atoms. The number of ether oxygens (including phenoxy) is 1. The molecule has 0 aromatic heterocycles. The van der Waals surface area contributed by atoms with E-state index in [0.717, 1.165) is 23.8 Å². The Morgan fingerprint density at radius 2 is 1.77 bits per heavy atom. The van der Waals surface area contributed by atoms with E-state index < -0.39 is 0 Å². The predicted octanol–water partition coefficient (Wildman–Crippen LogP) is 4.40. The summed E-state index contributed by atoms with van der Waals surface area (Å²) in [6, 6.07) is 13.4. The quantitative estimate of drug-likeness (QED) is 0.797. The van der Waals surface area contributed by atoms with Crippen LogP contribution < -0.4 is 9.64 Å². The van der Waals surface area contributed by atoms with Crippen LogP contribution in [0.15, 0.2) is 42.5 Å². The van der Waals surface area contributed by atoms with Crippen molar-refractivity contribution in [2.45, 2.75) is 26.9 Å². The topological polar surface area (TPSA) is 32.8 Å². The molecule has 2 aromatic rings. The number of rotatable bonds is 4. The van der Waals surface area contributed by atoms with Gasteiger partial charge in [-0.15, -0.1) is 0 Å². The minimum Gasteiger partial charge on any atom is -0.490 e. The summed E-state index contributed by atoms with van der Waals surface area (Å²) in [6.07, 6.45) is 0.0339. The normalized spacial score (nSPS) is 14.7. The predicted molar refractivity (Wildman–Crippen MR) is 107 cm³/mol.